The molecule has 4 rings (SSSR count). The Hall–Kier alpha value is -4.92. The van der Waals surface area contributed by atoms with Crippen molar-refractivity contribution in [3.63, 3.8) is 0 Å². The Morgan fingerprint density at radius 1 is 0.878 bits per heavy atom. The second-order valence-corrected chi connectivity index (χ2v) is 9.29. The molecule has 3 aromatic carbocycles. The summed E-state index contributed by atoms with van der Waals surface area (Å²) >= 11 is 0. The maximum Gasteiger partial charge on any atom is 0.259 e. The number of carbonyl (C=O) groups is 2. The number of rotatable bonds is 14. The van der Waals surface area contributed by atoms with Gasteiger partial charge in [0.05, 0.1) is 31.7 Å². The summed E-state index contributed by atoms with van der Waals surface area (Å²) in [6, 6.07) is 24.3. The molecule has 0 aliphatic heterocycles. The van der Waals surface area contributed by atoms with Gasteiger partial charge < -0.3 is 14.8 Å². The van der Waals surface area contributed by atoms with Crippen molar-refractivity contribution < 1.29 is 19.1 Å². The first-order chi connectivity index (χ1) is 20.1. The van der Waals surface area contributed by atoms with Crippen LogP contribution in [0.25, 0.3) is 16.9 Å². The Labute approximate surface area is 240 Å². The van der Waals surface area contributed by atoms with Gasteiger partial charge in [-0.2, -0.15) is 10.2 Å². The fourth-order valence-corrected chi connectivity index (χ4v) is 3.86. The Morgan fingerprint density at radius 2 is 1.56 bits per heavy atom. The molecular formula is C32H35N5O4. The first-order valence-corrected chi connectivity index (χ1v) is 13.8. The molecule has 0 saturated heterocycles. The molecule has 41 heavy (non-hydrogen) atoms. The summed E-state index contributed by atoms with van der Waals surface area (Å²) < 4.78 is 13.1. The lowest BCUT2D eigenvalue weighted by molar-refractivity contribution is -0.120. The minimum Gasteiger partial charge on any atom is -0.494 e. The lowest BCUT2D eigenvalue weighted by Crippen LogP contribution is -2.34. The zero-order valence-electron chi connectivity index (χ0n) is 23.4. The first-order valence-electron chi connectivity index (χ1n) is 13.8. The number of nitrogens with one attached hydrogen (secondary N) is 2. The zero-order valence-corrected chi connectivity index (χ0v) is 23.4. The van der Waals surface area contributed by atoms with E-state index in [4.69, 9.17) is 14.6 Å². The van der Waals surface area contributed by atoms with Gasteiger partial charge in [-0.3, -0.25) is 9.59 Å². The molecular weight excluding hydrogens is 518 g/mol. The van der Waals surface area contributed by atoms with Gasteiger partial charge in [0.25, 0.3) is 11.8 Å². The first kappa shape index (κ1) is 29.1. The Morgan fingerprint density at radius 3 is 2.24 bits per heavy atom. The largest absolute Gasteiger partial charge is 0.494 e. The summed E-state index contributed by atoms with van der Waals surface area (Å²) in [4.78, 5) is 24.8. The van der Waals surface area contributed by atoms with Crippen molar-refractivity contribution in [3.05, 3.63) is 96.2 Å². The lowest BCUT2D eigenvalue weighted by atomic mass is 10.1. The van der Waals surface area contributed by atoms with E-state index >= 15 is 0 Å². The van der Waals surface area contributed by atoms with Crippen molar-refractivity contribution in [2.45, 2.75) is 33.1 Å². The summed E-state index contributed by atoms with van der Waals surface area (Å²) in [6.07, 6.45) is 6.34. The molecule has 0 saturated carbocycles. The van der Waals surface area contributed by atoms with Crippen molar-refractivity contribution in [3.8, 4) is 28.4 Å². The van der Waals surface area contributed by atoms with Crippen LogP contribution >= 0.6 is 0 Å². The molecule has 0 atom stereocenters. The van der Waals surface area contributed by atoms with Crippen molar-refractivity contribution >= 4 is 18.0 Å². The molecule has 2 amide bonds. The van der Waals surface area contributed by atoms with Crippen LogP contribution < -0.4 is 20.2 Å². The van der Waals surface area contributed by atoms with Crippen LogP contribution in [0.2, 0.25) is 0 Å². The van der Waals surface area contributed by atoms with Crippen LogP contribution in [0.1, 0.15) is 49.0 Å². The van der Waals surface area contributed by atoms with E-state index in [-0.39, 0.29) is 12.5 Å². The second kappa shape index (κ2) is 15.0. The molecule has 0 aliphatic carbocycles. The smallest absolute Gasteiger partial charge is 0.259 e. The lowest BCUT2D eigenvalue weighted by Gasteiger charge is -2.07. The third-order valence-corrected chi connectivity index (χ3v) is 6.05. The predicted molar refractivity (Wildman–Crippen MR) is 160 cm³/mol. The summed E-state index contributed by atoms with van der Waals surface area (Å²) in [7, 11) is 0. The van der Waals surface area contributed by atoms with Gasteiger partial charge in [0, 0.05) is 22.9 Å². The number of hydrogen-bond donors (Lipinski definition) is 2. The zero-order chi connectivity index (χ0) is 28.9. The van der Waals surface area contributed by atoms with Gasteiger partial charge in [-0.05, 0) is 73.5 Å². The molecule has 9 heteroatoms. The summed E-state index contributed by atoms with van der Waals surface area (Å²) in [5.41, 5.74) is 6.09. The van der Waals surface area contributed by atoms with Gasteiger partial charge >= 0.3 is 0 Å². The molecule has 212 valence electrons. The van der Waals surface area contributed by atoms with E-state index in [1.165, 1.54) is 0 Å². The molecule has 0 bridgehead atoms. The van der Waals surface area contributed by atoms with Crippen LogP contribution in [0, 0.1) is 0 Å². The molecule has 4 aromatic rings. The molecule has 1 aromatic heterocycles. The van der Waals surface area contributed by atoms with Gasteiger partial charge in [-0.15, -0.1) is 0 Å². The van der Waals surface area contributed by atoms with E-state index in [2.05, 4.69) is 29.7 Å². The van der Waals surface area contributed by atoms with Crippen LogP contribution in [-0.4, -0.2) is 47.6 Å². The SMILES string of the molecule is CCCCOc1ccc(C(=O)NCC(=O)N/N=C/c2cn(-c3ccccc3)nc2-c2ccc(OCCC)cc2)cc1. The van der Waals surface area contributed by atoms with E-state index in [9.17, 15) is 9.59 Å². The van der Waals surface area contributed by atoms with Crippen LogP contribution in [0.5, 0.6) is 11.5 Å². The summed E-state index contributed by atoms with van der Waals surface area (Å²) in [5.74, 6) is 0.683. The van der Waals surface area contributed by atoms with Crippen LogP contribution in [0.15, 0.2) is 90.2 Å². The molecule has 0 spiro atoms. The summed E-state index contributed by atoms with van der Waals surface area (Å²) in [6.45, 7) is 5.23. The Bertz CT molecular complexity index is 1430. The number of carbonyl (C=O) groups excluding carboxylic acids is 2. The molecule has 0 fully saturated rings. The van der Waals surface area contributed by atoms with Crippen LogP contribution in [0.4, 0.5) is 0 Å². The predicted octanol–water partition coefficient (Wildman–Crippen LogP) is 5.39. The van der Waals surface area contributed by atoms with E-state index in [1.807, 2.05) is 60.8 Å². The minimum atomic E-state index is -0.455. The number of amides is 2. The summed E-state index contributed by atoms with van der Waals surface area (Å²) in [5, 5.41) is 11.5. The number of hydrazone groups is 1. The van der Waals surface area contributed by atoms with Gasteiger partial charge in [0.15, 0.2) is 0 Å². The average molecular weight is 554 g/mol. The molecule has 1 heterocycles. The van der Waals surface area contributed by atoms with Gasteiger partial charge in [-0.25, -0.2) is 10.1 Å². The fraction of sp³-hybridized carbons (Fsp3) is 0.250. The third kappa shape index (κ3) is 8.53. The van der Waals surface area contributed by atoms with Gasteiger partial charge in [0.2, 0.25) is 0 Å². The maximum atomic E-state index is 12.4. The van der Waals surface area contributed by atoms with Crippen molar-refractivity contribution in [1.29, 1.82) is 0 Å². The normalized spacial score (nSPS) is 10.9. The monoisotopic (exact) mass is 553 g/mol. The Balaban J connectivity index is 1.38. The number of para-hydroxylation sites is 1. The third-order valence-electron chi connectivity index (χ3n) is 6.05. The second-order valence-electron chi connectivity index (χ2n) is 9.29. The number of benzene rings is 3. The number of nitrogens with zero attached hydrogens (tertiary/aromatic N) is 3. The highest BCUT2D eigenvalue weighted by Crippen LogP contribution is 2.25. The quantitative estimate of drug-likeness (QED) is 0.124. The van der Waals surface area contributed by atoms with Gasteiger partial charge in [-0.1, -0.05) is 38.5 Å². The topological polar surface area (TPSA) is 107 Å². The minimum absolute atomic E-state index is 0.222. The highest BCUT2D eigenvalue weighted by molar-refractivity contribution is 5.96. The number of ether oxygens (including phenoxy) is 2. The molecule has 2 N–H and O–H groups in total. The molecule has 9 nitrogen and oxygen atoms in total. The van der Waals surface area contributed by atoms with E-state index in [1.54, 1.807) is 35.2 Å². The Kier molecular flexibility index (Phi) is 10.7. The molecule has 0 unspecified atom stereocenters. The number of aromatic nitrogens is 2. The number of hydrogen-bond acceptors (Lipinski definition) is 6. The standard InChI is InChI=1S/C32H35N5O4/c1-3-5-20-41-29-17-13-25(14-18-29)32(39)33-22-30(38)35-34-21-26-23-37(27-9-7-6-8-10-27)36-31(26)24-11-15-28(16-12-24)40-19-4-2/h6-18,21,23H,3-5,19-20,22H2,1-2H3,(H,33,39)(H,35,38)/b34-21+. The van der Waals surface area contributed by atoms with Gasteiger partial charge in [0.1, 0.15) is 17.2 Å². The van der Waals surface area contributed by atoms with E-state index < -0.39 is 5.91 Å². The molecule has 0 aliphatic rings. The van der Waals surface area contributed by atoms with Crippen molar-refractivity contribution in [2.75, 3.05) is 19.8 Å². The fourth-order valence-electron chi connectivity index (χ4n) is 3.86. The highest BCUT2D eigenvalue weighted by Gasteiger charge is 2.12. The highest BCUT2D eigenvalue weighted by atomic mass is 16.5. The molecule has 0 radical (unpaired) electrons. The average Bonchev–Trinajstić information content (AvgIpc) is 3.44. The van der Waals surface area contributed by atoms with Crippen LogP contribution in [0.3, 0.4) is 0 Å². The maximum absolute atomic E-state index is 12.4. The van der Waals surface area contributed by atoms with E-state index in [0.29, 0.717) is 35.8 Å². The van der Waals surface area contributed by atoms with Crippen molar-refractivity contribution in [1.82, 2.24) is 20.5 Å². The van der Waals surface area contributed by atoms with Crippen molar-refractivity contribution in [2.24, 2.45) is 5.10 Å². The van der Waals surface area contributed by atoms with E-state index in [0.717, 1.165) is 36.3 Å². The van der Waals surface area contributed by atoms with Crippen LogP contribution in [-0.2, 0) is 4.79 Å². The number of unbranched alkanes of at least 4 members (excludes halogenated alkanes) is 1.